The van der Waals surface area contributed by atoms with Gasteiger partial charge in [0.05, 0.1) is 18.1 Å². The van der Waals surface area contributed by atoms with E-state index in [9.17, 15) is 33.3 Å². The number of β-amino-alcohol motifs (C(OH)–C–C–N with tert-alkyl or cyclic N) is 1. The van der Waals surface area contributed by atoms with Gasteiger partial charge in [0.25, 0.3) is 0 Å². The van der Waals surface area contributed by atoms with E-state index in [1.54, 1.807) is 6.07 Å². The molecule has 3 rings (SSSR count). The Bertz CT molecular complexity index is 1210. The van der Waals surface area contributed by atoms with Gasteiger partial charge < -0.3 is 26.0 Å². The Morgan fingerprint density at radius 2 is 1.57 bits per heavy atom. The van der Waals surface area contributed by atoms with E-state index in [1.165, 1.54) is 36.4 Å². The van der Waals surface area contributed by atoms with Crippen LogP contribution in [0.5, 0.6) is 11.5 Å². The summed E-state index contributed by atoms with van der Waals surface area (Å²) in [4.78, 5) is 12.4. The second-order valence-corrected chi connectivity index (χ2v) is 9.67. The molecule has 0 aliphatic carbocycles. The number of aromatic hydroxyl groups is 2. The van der Waals surface area contributed by atoms with Crippen molar-refractivity contribution < 1.29 is 33.3 Å². The van der Waals surface area contributed by atoms with Gasteiger partial charge in [-0.2, -0.15) is 13.2 Å². The smallest absolute Gasteiger partial charge is 0.416 e. The minimum atomic E-state index is -4.49. The average molecular weight is 517 g/mol. The molecule has 0 heterocycles. The zero-order valence-corrected chi connectivity index (χ0v) is 20.6. The number of halogens is 3. The molecule has 1 unspecified atom stereocenters. The van der Waals surface area contributed by atoms with Crippen molar-refractivity contribution in [3.8, 4) is 11.5 Å². The van der Waals surface area contributed by atoms with Crippen LogP contribution in [0.2, 0.25) is 0 Å². The molecule has 0 aliphatic rings. The number of nitrogens with one attached hydrogen (secondary N) is 2. The lowest BCUT2D eigenvalue weighted by Crippen LogP contribution is -2.43. The summed E-state index contributed by atoms with van der Waals surface area (Å²) in [6.07, 6.45) is -4.85. The SMILES string of the molecule is CC(C)(Cc1cccc(CC(=O)NCc2ccccc2C(F)(F)F)c1)NCC(O)c1cc(O)cc(O)c1. The van der Waals surface area contributed by atoms with Crippen molar-refractivity contribution >= 4 is 5.91 Å². The van der Waals surface area contributed by atoms with Crippen molar-refractivity contribution in [2.45, 2.75) is 51.1 Å². The van der Waals surface area contributed by atoms with Gasteiger partial charge in [0.1, 0.15) is 11.5 Å². The summed E-state index contributed by atoms with van der Waals surface area (Å²) >= 11 is 0. The minimum absolute atomic E-state index is 0.00744. The summed E-state index contributed by atoms with van der Waals surface area (Å²) in [5.74, 6) is -0.665. The number of carbonyl (C=O) groups is 1. The number of phenolic OH excluding ortho intramolecular Hbond substituents is 2. The monoisotopic (exact) mass is 516 g/mol. The van der Waals surface area contributed by atoms with Gasteiger partial charge in [-0.1, -0.05) is 42.5 Å². The fourth-order valence-electron chi connectivity index (χ4n) is 4.12. The highest BCUT2D eigenvalue weighted by Crippen LogP contribution is 2.31. The van der Waals surface area contributed by atoms with Crippen LogP contribution in [0.4, 0.5) is 13.2 Å². The Morgan fingerprint density at radius 1 is 0.919 bits per heavy atom. The van der Waals surface area contributed by atoms with Crippen molar-refractivity contribution in [2.75, 3.05) is 6.54 Å². The summed E-state index contributed by atoms with van der Waals surface area (Å²) in [6.45, 7) is 3.87. The molecule has 198 valence electrons. The molecule has 3 aromatic rings. The van der Waals surface area contributed by atoms with Crippen molar-refractivity contribution in [1.82, 2.24) is 10.6 Å². The lowest BCUT2D eigenvalue weighted by Gasteiger charge is -2.28. The van der Waals surface area contributed by atoms with E-state index in [0.29, 0.717) is 12.0 Å². The molecule has 6 nitrogen and oxygen atoms in total. The first-order valence-corrected chi connectivity index (χ1v) is 11.8. The summed E-state index contributed by atoms with van der Waals surface area (Å²) < 4.78 is 39.5. The predicted octanol–water partition coefficient (Wildman–Crippen LogP) is 4.62. The predicted molar refractivity (Wildman–Crippen MR) is 134 cm³/mol. The van der Waals surface area contributed by atoms with Crippen molar-refractivity contribution in [3.05, 3.63) is 94.5 Å². The number of aliphatic hydroxyl groups excluding tert-OH is 1. The molecule has 0 radical (unpaired) electrons. The van der Waals surface area contributed by atoms with Gasteiger partial charge in [-0.3, -0.25) is 4.79 Å². The van der Waals surface area contributed by atoms with Crippen LogP contribution in [0.3, 0.4) is 0 Å². The summed E-state index contributed by atoms with van der Waals surface area (Å²) in [6, 6.07) is 16.5. The largest absolute Gasteiger partial charge is 0.508 e. The number of rotatable bonds is 10. The highest BCUT2D eigenvalue weighted by molar-refractivity contribution is 5.78. The van der Waals surface area contributed by atoms with Gasteiger partial charge in [-0.25, -0.2) is 0 Å². The molecule has 0 bridgehead atoms. The number of phenols is 2. The van der Waals surface area contributed by atoms with E-state index in [-0.39, 0.29) is 42.5 Å². The number of hydrogen-bond acceptors (Lipinski definition) is 5. The van der Waals surface area contributed by atoms with E-state index in [4.69, 9.17) is 0 Å². The van der Waals surface area contributed by atoms with Crippen LogP contribution in [-0.2, 0) is 30.4 Å². The Morgan fingerprint density at radius 3 is 2.24 bits per heavy atom. The van der Waals surface area contributed by atoms with Crippen LogP contribution in [0.1, 0.15) is 47.8 Å². The molecule has 37 heavy (non-hydrogen) atoms. The molecule has 0 aromatic heterocycles. The third-order valence-electron chi connectivity index (χ3n) is 5.88. The number of alkyl halides is 3. The molecular formula is C28H31F3N2O4. The highest BCUT2D eigenvalue weighted by Gasteiger charge is 2.32. The van der Waals surface area contributed by atoms with Gasteiger partial charge in [-0.05, 0) is 60.7 Å². The third-order valence-corrected chi connectivity index (χ3v) is 5.88. The minimum Gasteiger partial charge on any atom is -0.508 e. The number of aliphatic hydroxyl groups is 1. The van der Waals surface area contributed by atoms with Gasteiger partial charge in [0, 0.05) is 24.7 Å². The van der Waals surface area contributed by atoms with Crippen LogP contribution in [0, 0.1) is 0 Å². The van der Waals surface area contributed by atoms with Gasteiger partial charge in [0.15, 0.2) is 0 Å². The van der Waals surface area contributed by atoms with Crippen LogP contribution < -0.4 is 10.6 Å². The number of carbonyl (C=O) groups excluding carboxylic acids is 1. The van der Waals surface area contributed by atoms with E-state index >= 15 is 0 Å². The maximum Gasteiger partial charge on any atom is 0.416 e. The Labute approximate surface area is 213 Å². The lowest BCUT2D eigenvalue weighted by molar-refractivity contribution is -0.138. The van der Waals surface area contributed by atoms with Crippen molar-refractivity contribution in [2.24, 2.45) is 0 Å². The maximum atomic E-state index is 13.2. The molecule has 1 atom stereocenters. The van der Waals surface area contributed by atoms with Crippen LogP contribution in [-0.4, -0.2) is 33.3 Å². The molecule has 0 spiro atoms. The second-order valence-electron chi connectivity index (χ2n) is 9.67. The van der Waals surface area contributed by atoms with Crippen LogP contribution in [0.25, 0.3) is 0 Å². The number of amides is 1. The van der Waals surface area contributed by atoms with Gasteiger partial charge >= 0.3 is 6.18 Å². The van der Waals surface area contributed by atoms with E-state index in [1.807, 2.05) is 32.0 Å². The molecule has 0 fully saturated rings. The molecule has 0 aliphatic heterocycles. The molecular weight excluding hydrogens is 485 g/mol. The van der Waals surface area contributed by atoms with Crippen LogP contribution in [0.15, 0.2) is 66.7 Å². The molecule has 0 saturated heterocycles. The number of hydrogen-bond donors (Lipinski definition) is 5. The molecule has 0 saturated carbocycles. The Kier molecular flexibility index (Phi) is 8.83. The van der Waals surface area contributed by atoms with Crippen molar-refractivity contribution in [1.29, 1.82) is 0 Å². The Balaban J connectivity index is 1.56. The topological polar surface area (TPSA) is 102 Å². The molecule has 1 amide bonds. The summed E-state index contributed by atoms with van der Waals surface area (Å²) in [5, 5.41) is 35.5. The average Bonchev–Trinajstić information content (AvgIpc) is 2.80. The fraction of sp³-hybridized carbons (Fsp3) is 0.321. The first kappa shape index (κ1) is 28.0. The molecule has 5 N–H and O–H groups in total. The van der Waals surface area contributed by atoms with E-state index in [0.717, 1.165) is 17.2 Å². The standard InChI is InChI=1S/C28H31F3N2O4/c1-27(2,33-17-25(36)21-12-22(34)14-23(35)13-21)15-19-7-5-6-18(10-19)11-26(37)32-16-20-8-3-4-9-24(20)28(29,30)31/h3-10,12-14,25,33-36H,11,15-17H2,1-2H3,(H,32,37). The lowest BCUT2D eigenvalue weighted by atomic mass is 9.93. The normalized spacial score (nSPS) is 12.8. The zero-order valence-electron chi connectivity index (χ0n) is 20.6. The highest BCUT2D eigenvalue weighted by atomic mass is 19.4. The zero-order chi connectivity index (χ0) is 27.2. The Hall–Kier alpha value is -3.56. The fourth-order valence-corrected chi connectivity index (χ4v) is 4.12. The van der Waals surface area contributed by atoms with E-state index < -0.39 is 23.4 Å². The summed E-state index contributed by atoms with van der Waals surface area (Å²) in [5.41, 5.74) is 0.847. The number of benzene rings is 3. The van der Waals surface area contributed by atoms with E-state index in [2.05, 4.69) is 10.6 Å². The summed E-state index contributed by atoms with van der Waals surface area (Å²) in [7, 11) is 0. The van der Waals surface area contributed by atoms with Gasteiger partial charge in [-0.15, -0.1) is 0 Å². The quantitative estimate of drug-likeness (QED) is 0.271. The second kappa shape index (κ2) is 11.7. The molecule has 9 heteroatoms. The van der Waals surface area contributed by atoms with Gasteiger partial charge in [0.2, 0.25) is 5.91 Å². The first-order chi connectivity index (χ1) is 17.3. The maximum absolute atomic E-state index is 13.2. The third kappa shape index (κ3) is 8.51. The van der Waals surface area contributed by atoms with Crippen LogP contribution >= 0.6 is 0 Å². The van der Waals surface area contributed by atoms with Crippen molar-refractivity contribution in [3.63, 3.8) is 0 Å². The molecule has 3 aromatic carbocycles. The first-order valence-electron chi connectivity index (χ1n) is 11.8.